The van der Waals surface area contributed by atoms with Gasteiger partial charge in [-0.2, -0.15) is 0 Å². The van der Waals surface area contributed by atoms with Crippen LogP contribution in [0.1, 0.15) is 32.8 Å². The highest BCUT2D eigenvalue weighted by molar-refractivity contribution is 6.20. The van der Waals surface area contributed by atoms with Crippen LogP contribution in [-0.4, -0.2) is 70.1 Å². The van der Waals surface area contributed by atoms with E-state index in [0.29, 0.717) is 60.8 Å². The number of nitrogens with zero attached hydrogens (tertiary/aromatic N) is 3. The average molecular weight is 532 g/mol. The Morgan fingerprint density at radius 2 is 2.00 bits per heavy atom. The average Bonchev–Trinajstić information content (AvgIpc) is 3.48. The Morgan fingerprint density at radius 3 is 2.68 bits per heavy atom. The van der Waals surface area contributed by atoms with E-state index < -0.39 is 17.6 Å². The summed E-state index contributed by atoms with van der Waals surface area (Å²) in [6.45, 7) is 1.61. The van der Waals surface area contributed by atoms with Gasteiger partial charge < -0.3 is 29.9 Å². The number of aromatic amines is 1. The van der Waals surface area contributed by atoms with E-state index in [4.69, 9.17) is 11.6 Å². The van der Waals surface area contributed by atoms with Crippen LogP contribution in [0.4, 0.5) is 20.3 Å². The Hall–Kier alpha value is -3.70. The van der Waals surface area contributed by atoms with E-state index in [0.717, 1.165) is 5.69 Å². The van der Waals surface area contributed by atoms with E-state index in [1.807, 2.05) is 4.90 Å². The number of pyridine rings is 1. The minimum atomic E-state index is -3.84. The molecule has 2 aromatic heterocycles. The van der Waals surface area contributed by atoms with Crippen LogP contribution in [0.25, 0.3) is 11.3 Å². The molecule has 3 N–H and O–H groups in total. The first-order valence-electron chi connectivity index (χ1n) is 11.7. The molecule has 0 bridgehead atoms. The topological polar surface area (TPSA) is 111 Å². The number of likely N-dealkylation sites (N-methyl/N-ethyl adjacent to an activating group) is 1. The Bertz CT molecular complexity index is 1340. The van der Waals surface area contributed by atoms with Gasteiger partial charge in [0.15, 0.2) is 0 Å². The first-order chi connectivity index (χ1) is 17.6. The normalized spacial score (nSPS) is 17.6. The lowest BCUT2D eigenvalue weighted by molar-refractivity contribution is -0.0964. The van der Waals surface area contributed by atoms with Crippen molar-refractivity contribution in [2.24, 2.45) is 0 Å². The molecule has 0 unspecified atom stereocenters. The van der Waals surface area contributed by atoms with Crippen molar-refractivity contribution in [3.8, 4) is 17.0 Å². The van der Waals surface area contributed by atoms with E-state index >= 15 is 0 Å². The zero-order chi connectivity index (χ0) is 26.3. The highest BCUT2D eigenvalue weighted by Gasteiger charge is 2.29. The quantitative estimate of drug-likeness (QED) is 0.418. The molecule has 5 rings (SSSR count). The zero-order valence-electron chi connectivity index (χ0n) is 19.8. The number of hydrogen-bond donors (Lipinski definition) is 3. The molecule has 37 heavy (non-hydrogen) atoms. The van der Waals surface area contributed by atoms with E-state index in [-0.39, 0.29) is 17.2 Å². The number of amides is 2. The van der Waals surface area contributed by atoms with Crippen LogP contribution in [0.15, 0.2) is 42.6 Å². The van der Waals surface area contributed by atoms with Crippen LogP contribution in [0.5, 0.6) is 5.75 Å². The number of aromatic nitrogens is 2. The first kappa shape index (κ1) is 25.0. The van der Waals surface area contributed by atoms with Crippen molar-refractivity contribution in [1.82, 2.24) is 14.9 Å². The summed E-state index contributed by atoms with van der Waals surface area (Å²) in [5.41, 5.74) is -0.553. The summed E-state index contributed by atoms with van der Waals surface area (Å²) >= 11 is 4.78. The molecule has 0 saturated carbocycles. The lowest BCUT2D eigenvalue weighted by Gasteiger charge is -2.21. The monoisotopic (exact) mass is 531 g/mol. The molecule has 2 amide bonds. The van der Waals surface area contributed by atoms with Gasteiger partial charge in [-0.3, -0.25) is 9.59 Å². The van der Waals surface area contributed by atoms with Gasteiger partial charge in [-0.25, -0.2) is 4.98 Å². The highest BCUT2D eigenvalue weighted by atomic mass is 35.5. The fourth-order valence-corrected chi connectivity index (χ4v) is 4.62. The number of fused-ring (bicyclic) bond motifs is 1. The second-order valence-electron chi connectivity index (χ2n) is 9.06. The van der Waals surface area contributed by atoms with Crippen molar-refractivity contribution < 1.29 is 28.2 Å². The molecule has 1 atom stereocenters. The van der Waals surface area contributed by atoms with Gasteiger partial charge in [0.1, 0.15) is 11.6 Å². The predicted octanol–water partition coefficient (Wildman–Crippen LogP) is 3.70. The Balaban J connectivity index is 1.44. The summed E-state index contributed by atoms with van der Waals surface area (Å²) in [4.78, 5) is 37.2. The van der Waals surface area contributed by atoms with Gasteiger partial charge in [0, 0.05) is 67.8 Å². The molecule has 9 nitrogen and oxygen atoms in total. The molecule has 194 valence electrons. The lowest BCUT2D eigenvalue weighted by Crippen LogP contribution is -2.33. The van der Waals surface area contributed by atoms with E-state index in [1.165, 1.54) is 30.5 Å². The summed E-state index contributed by atoms with van der Waals surface area (Å²) in [7, 11) is 1.75. The SMILES string of the molecule is CN1CCc2[nH]c(-c3cc(C(=O)Nc4ccc(OC(F)(F)Cl)cc4)cnc3N3CC[C@@H](O)C3)cc2C1=O. The number of alkyl halides is 3. The molecule has 0 aliphatic carbocycles. The van der Waals surface area contributed by atoms with Crippen LogP contribution < -0.4 is 15.0 Å². The number of anilines is 2. The van der Waals surface area contributed by atoms with E-state index in [9.17, 15) is 23.5 Å². The second kappa shape index (κ2) is 9.64. The van der Waals surface area contributed by atoms with Crippen molar-refractivity contribution in [3.63, 3.8) is 0 Å². The molecule has 12 heteroatoms. The number of halogens is 3. The minimum Gasteiger partial charge on any atom is -0.420 e. The number of H-pyrrole nitrogens is 1. The predicted molar refractivity (Wildman–Crippen MR) is 133 cm³/mol. The fraction of sp³-hybridized carbons (Fsp3) is 0.320. The van der Waals surface area contributed by atoms with Crippen molar-refractivity contribution in [3.05, 3.63) is 59.4 Å². The summed E-state index contributed by atoms with van der Waals surface area (Å²) in [5.74, 6) is -0.112. The standard InChI is InChI=1S/C25H24ClF2N5O4/c1-32-8-7-20-19(24(32)36)11-21(31-20)18-10-14(12-29-22(18)33-9-6-16(34)13-33)23(35)30-15-2-4-17(5-3-15)37-25(26,27)28/h2-5,10-12,16,31,34H,6-9,13H2,1H3,(H,30,35)/t16-/m1/s1. The van der Waals surface area contributed by atoms with Gasteiger partial charge in [-0.15, -0.1) is 8.78 Å². The molecule has 0 radical (unpaired) electrons. The van der Waals surface area contributed by atoms with Crippen LogP contribution in [0.3, 0.4) is 0 Å². The molecule has 0 spiro atoms. The molecular formula is C25H24ClF2N5O4. The zero-order valence-corrected chi connectivity index (χ0v) is 20.6. The number of aliphatic hydroxyl groups is 1. The number of hydrogen-bond acceptors (Lipinski definition) is 6. The van der Waals surface area contributed by atoms with Crippen molar-refractivity contribution in [2.45, 2.75) is 24.5 Å². The van der Waals surface area contributed by atoms with Gasteiger partial charge in [-0.1, -0.05) is 0 Å². The van der Waals surface area contributed by atoms with Crippen molar-refractivity contribution >= 4 is 34.9 Å². The number of nitrogens with one attached hydrogen (secondary N) is 2. The maximum Gasteiger partial charge on any atom is 0.487 e. The Kier molecular flexibility index (Phi) is 6.50. The number of benzene rings is 1. The molecule has 1 saturated heterocycles. The fourth-order valence-electron chi connectivity index (χ4n) is 4.53. The second-order valence-corrected chi connectivity index (χ2v) is 9.50. The maximum atomic E-state index is 13.0. The summed E-state index contributed by atoms with van der Waals surface area (Å²) < 4.78 is 29.9. The maximum absolute atomic E-state index is 13.0. The molecule has 4 heterocycles. The minimum absolute atomic E-state index is 0.0805. The van der Waals surface area contributed by atoms with Crippen LogP contribution in [0.2, 0.25) is 0 Å². The number of ether oxygens (including phenoxy) is 1. The van der Waals surface area contributed by atoms with Gasteiger partial charge in [0.25, 0.3) is 11.8 Å². The van der Waals surface area contributed by atoms with Gasteiger partial charge in [0.2, 0.25) is 0 Å². The Morgan fingerprint density at radius 1 is 1.24 bits per heavy atom. The summed E-state index contributed by atoms with van der Waals surface area (Å²) in [5, 5.41) is 12.8. The molecule has 1 fully saturated rings. The van der Waals surface area contributed by atoms with Crippen LogP contribution in [-0.2, 0) is 6.42 Å². The van der Waals surface area contributed by atoms with E-state index in [1.54, 1.807) is 24.1 Å². The lowest BCUT2D eigenvalue weighted by atomic mass is 10.1. The third-order valence-corrected chi connectivity index (χ3v) is 6.48. The summed E-state index contributed by atoms with van der Waals surface area (Å²) in [6.07, 6.45) is 2.24. The number of aliphatic hydroxyl groups excluding tert-OH is 1. The van der Waals surface area contributed by atoms with Gasteiger partial charge >= 0.3 is 5.57 Å². The molecule has 3 aromatic rings. The molecule has 1 aromatic carbocycles. The van der Waals surface area contributed by atoms with Crippen LogP contribution in [0, 0.1) is 0 Å². The highest BCUT2D eigenvalue weighted by Crippen LogP contribution is 2.34. The Labute approximate surface area is 216 Å². The van der Waals surface area contributed by atoms with Crippen molar-refractivity contribution in [2.75, 3.05) is 36.9 Å². The van der Waals surface area contributed by atoms with Crippen molar-refractivity contribution in [1.29, 1.82) is 0 Å². The van der Waals surface area contributed by atoms with E-state index in [2.05, 4.69) is 20.0 Å². The molecular weight excluding hydrogens is 508 g/mol. The first-order valence-corrected chi connectivity index (χ1v) is 12.0. The third kappa shape index (κ3) is 5.37. The molecule has 2 aliphatic rings. The van der Waals surface area contributed by atoms with Crippen LogP contribution >= 0.6 is 11.6 Å². The van der Waals surface area contributed by atoms with Gasteiger partial charge in [-0.05, 0) is 42.8 Å². The number of carbonyl (C=O) groups is 2. The van der Waals surface area contributed by atoms with Gasteiger partial charge in [0.05, 0.1) is 22.9 Å². The number of rotatable bonds is 6. The third-order valence-electron chi connectivity index (χ3n) is 6.40. The number of β-amino-alcohol motifs (C(OH)–C–C–N with tert-alkyl or cyclic N) is 1. The number of carbonyl (C=O) groups excluding carboxylic acids is 2. The largest absolute Gasteiger partial charge is 0.487 e. The molecule has 2 aliphatic heterocycles. The summed E-state index contributed by atoms with van der Waals surface area (Å²) in [6, 6.07) is 8.78. The smallest absolute Gasteiger partial charge is 0.420 e.